The SMILES string of the molecule is COc1cccc(-n2c(=O)[nH]c3c(C(N)=O)nc(C4CCCCC4)nc32)c1. The third-order valence-electron chi connectivity index (χ3n) is 5.07. The number of aromatic amines is 1. The summed E-state index contributed by atoms with van der Waals surface area (Å²) in [5.74, 6) is 0.681. The number of methoxy groups -OCH3 is 1. The van der Waals surface area contributed by atoms with Crippen LogP contribution in [0.3, 0.4) is 0 Å². The first-order chi connectivity index (χ1) is 13.1. The van der Waals surface area contributed by atoms with Crippen LogP contribution in [0.2, 0.25) is 0 Å². The van der Waals surface area contributed by atoms with Crippen molar-refractivity contribution in [1.82, 2.24) is 19.5 Å². The lowest BCUT2D eigenvalue weighted by Crippen LogP contribution is -2.18. The Balaban J connectivity index is 1.96. The van der Waals surface area contributed by atoms with Crippen LogP contribution in [0, 0.1) is 0 Å². The van der Waals surface area contributed by atoms with Crippen molar-refractivity contribution in [2.24, 2.45) is 5.73 Å². The first-order valence-corrected chi connectivity index (χ1v) is 9.05. The molecule has 1 amide bonds. The predicted molar refractivity (Wildman–Crippen MR) is 100 cm³/mol. The van der Waals surface area contributed by atoms with Crippen molar-refractivity contribution in [3.8, 4) is 11.4 Å². The zero-order valence-corrected chi connectivity index (χ0v) is 15.1. The average molecular weight is 367 g/mol. The molecule has 4 rings (SSSR count). The molecule has 3 aromatic rings. The van der Waals surface area contributed by atoms with Crippen molar-refractivity contribution in [3.63, 3.8) is 0 Å². The van der Waals surface area contributed by atoms with E-state index < -0.39 is 11.6 Å². The lowest BCUT2D eigenvalue weighted by atomic mass is 9.88. The van der Waals surface area contributed by atoms with Gasteiger partial charge in [-0.25, -0.2) is 19.3 Å². The number of benzene rings is 1. The summed E-state index contributed by atoms with van der Waals surface area (Å²) < 4.78 is 6.68. The fourth-order valence-electron chi connectivity index (χ4n) is 3.71. The number of nitrogens with zero attached hydrogens (tertiary/aromatic N) is 3. The Labute approximate surface area is 155 Å². The van der Waals surface area contributed by atoms with Gasteiger partial charge in [-0.2, -0.15) is 0 Å². The Morgan fingerprint density at radius 2 is 2.04 bits per heavy atom. The number of H-pyrrole nitrogens is 1. The first-order valence-electron chi connectivity index (χ1n) is 9.05. The number of amides is 1. The first kappa shape index (κ1) is 17.3. The smallest absolute Gasteiger partial charge is 0.332 e. The van der Waals surface area contributed by atoms with Crippen LogP contribution in [0.25, 0.3) is 16.9 Å². The van der Waals surface area contributed by atoms with Crippen molar-refractivity contribution in [2.45, 2.75) is 38.0 Å². The summed E-state index contributed by atoms with van der Waals surface area (Å²) in [5.41, 5.74) is 6.40. The van der Waals surface area contributed by atoms with Crippen LogP contribution < -0.4 is 16.2 Å². The molecule has 0 radical (unpaired) electrons. The molecule has 140 valence electrons. The molecule has 0 aliphatic heterocycles. The lowest BCUT2D eigenvalue weighted by molar-refractivity contribution is 0.0996. The summed E-state index contributed by atoms with van der Waals surface area (Å²) >= 11 is 0. The van der Waals surface area contributed by atoms with Crippen molar-refractivity contribution >= 4 is 17.1 Å². The van der Waals surface area contributed by atoms with E-state index in [-0.39, 0.29) is 17.1 Å². The Bertz CT molecular complexity index is 1060. The van der Waals surface area contributed by atoms with Gasteiger partial charge in [0.05, 0.1) is 12.8 Å². The third-order valence-corrected chi connectivity index (χ3v) is 5.07. The van der Waals surface area contributed by atoms with Crippen LogP contribution in [0.4, 0.5) is 0 Å². The fraction of sp³-hybridized carbons (Fsp3) is 0.368. The third kappa shape index (κ3) is 3.07. The minimum atomic E-state index is -0.682. The van der Waals surface area contributed by atoms with Crippen LogP contribution in [-0.4, -0.2) is 32.5 Å². The molecule has 3 N–H and O–H groups in total. The molecule has 1 aliphatic carbocycles. The monoisotopic (exact) mass is 367 g/mol. The van der Waals surface area contributed by atoms with E-state index in [0.29, 0.717) is 22.9 Å². The van der Waals surface area contributed by atoms with Gasteiger partial charge in [0, 0.05) is 12.0 Å². The highest BCUT2D eigenvalue weighted by molar-refractivity contribution is 6.01. The molecule has 0 spiro atoms. The molecule has 2 heterocycles. The summed E-state index contributed by atoms with van der Waals surface area (Å²) in [6, 6.07) is 7.10. The van der Waals surface area contributed by atoms with Crippen LogP contribution in [-0.2, 0) is 0 Å². The van der Waals surface area contributed by atoms with Crippen molar-refractivity contribution in [2.75, 3.05) is 7.11 Å². The van der Waals surface area contributed by atoms with Gasteiger partial charge in [0.1, 0.15) is 17.1 Å². The lowest BCUT2D eigenvalue weighted by Gasteiger charge is -2.20. The number of aromatic nitrogens is 4. The average Bonchev–Trinajstić information content (AvgIpc) is 3.03. The largest absolute Gasteiger partial charge is 0.497 e. The van der Waals surface area contributed by atoms with E-state index in [1.54, 1.807) is 31.4 Å². The number of hydrogen-bond acceptors (Lipinski definition) is 5. The zero-order chi connectivity index (χ0) is 19.0. The van der Waals surface area contributed by atoms with Crippen molar-refractivity contribution in [1.29, 1.82) is 0 Å². The molecule has 1 aliphatic rings. The second-order valence-corrected chi connectivity index (χ2v) is 6.80. The molecular formula is C19H21N5O3. The summed E-state index contributed by atoms with van der Waals surface area (Å²) in [7, 11) is 1.56. The number of carbonyl (C=O) groups excluding carboxylic acids is 1. The van der Waals surface area contributed by atoms with Crippen molar-refractivity contribution < 1.29 is 9.53 Å². The summed E-state index contributed by atoms with van der Waals surface area (Å²) in [4.78, 5) is 36.4. The number of imidazole rings is 1. The number of fused-ring (bicyclic) bond motifs is 1. The van der Waals surface area contributed by atoms with E-state index in [4.69, 9.17) is 10.5 Å². The van der Waals surface area contributed by atoms with Gasteiger partial charge < -0.3 is 15.5 Å². The summed E-state index contributed by atoms with van der Waals surface area (Å²) in [5, 5.41) is 0. The number of nitrogens with one attached hydrogen (secondary N) is 1. The molecule has 1 aromatic carbocycles. The molecule has 8 nitrogen and oxygen atoms in total. The van der Waals surface area contributed by atoms with Gasteiger partial charge in [-0.3, -0.25) is 4.79 Å². The molecule has 0 saturated heterocycles. The number of ether oxygens (including phenoxy) is 1. The quantitative estimate of drug-likeness (QED) is 0.734. The minimum absolute atomic E-state index is 0.0549. The van der Waals surface area contributed by atoms with Gasteiger partial charge in [-0.05, 0) is 25.0 Å². The van der Waals surface area contributed by atoms with E-state index in [2.05, 4.69) is 15.0 Å². The van der Waals surface area contributed by atoms with Crippen LogP contribution in [0.5, 0.6) is 5.75 Å². The summed E-state index contributed by atoms with van der Waals surface area (Å²) in [6.45, 7) is 0. The Hall–Kier alpha value is -3.16. The maximum absolute atomic E-state index is 12.6. The maximum Gasteiger partial charge on any atom is 0.332 e. The number of nitrogens with two attached hydrogens (primary N) is 1. The zero-order valence-electron chi connectivity index (χ0n) is 15.1. The van der Waals surface area contributed by atoms with Gasteiger partial charge >= 0.3 is 5.69 Å². The standard InChI is InChI=1S/C19H21N5O3/c1-27-13-9-5-8-12(10-13)24-18-15(22-19(24)26)14(16(20)25)21-17(23-18)11-6-3-2-4-7-11/h5,8-11H,2-4,6-7H2,1H3,(H2,20,25)(H,22,26). The second kappa shape index (κ2) is 6.86. The highest BCUT2D eigenvalue weighted by atomic mass is 16.5. The Morgan fingerprint density at radius 1 is 1.26 bits per heavy atom. The topological polar surface area (TPSA) is 116 Å². The predicted octanol–water partition coefficient (Wildman–Crippen LogP) is 2.26. The van der Waals surface area contributed by atoms with E-state index >= 15 is 0 Å². The van der Waals surface area contributed by atoms with E-state index in [9.17, 15) is 9.59 Å². The highest BCUT2D eigenvalue weighted by Crippen LogP contribution is 2.32. The van der Waals surface area contributed by atoms with Crippen LogP contribution in [0.15, 0.2) is 29.1 Å². The number of primary amides is 1. The molecule has 1 fully saturated rings. The number of hydrogen-bond donors (Lipinski definition) is 2. The van der Waals surface area contributed by atoms with E-state index in [1.807, 2.05) is 0 Å². The molecular weight excluding hydrogens is 346 g/mol. The van der Waals surface area contributed by atoms with Crippen molar-refractivity contribution in [3.05, 3.63) is 46.3 Å². The molecule has 0 bridgehead atoms. The van der Waals surface area contributed by atoms with Crippen LogP contribution in [0.1, 0.15) is 54.3 Å². The molecule has 1 saturated carbocycles. The fourth-order valence-corrected chi connectivity index (χ4v) is 3.71. The van der Waals surface area contributed by atoms with Crippen LogP contribution >= 0.6 is 0 Å². The van der Waals surface area contributed by atoms with E-state index in [1.165, 1.54) is 11.0 Å². The van der Waals surface area contributed by atoms with Gasteiger partial charge in [-0.15, -0.1) is 0 Å². The molecule has 27 heavy (non-hydrogen) atoms. The number of rotatable bonds is 4. The minimum Gasteiger partial charge on any atom is -0.497 e. The Kier molecular flexibility index (Phi) is 4.39. The molecule has 0 atom stereocenters. The second-order valence-electron chi connectivity index (χ2n) is 6.80. The van der Waals surface area contributed by atoms with E-state index in [0.717, 1.165) is 25.7 Å². The molecule has 0 unspecified atom stereocenters. The summed E-state index contributed by atoms with van der Waals surface area (Å²) in [6.07, 6.45) is 5.34. The van der Waals surface area contributed by atoms with Gasteiger partial charge in [0.25, 0.3) is 5.91 Å². The van der Waals surface area contributed by atoms with Gasteiger partial charge in [0.15, 0.2) is 11.3 Å². The molecule has 8 heteroatoms. The number of carbonyl (C=O) groups is 1. The van der Waals surface area contributed by atoms with Gasteiger partial charge in [-0.1, -0.05) is 25.3 Å². The normalized spacial score (nSPS) is 15.1. The Morgan fingerprint density at radius 3 is 2.74 bits per heavy atom. The highest BCUT2D eigenvalue weighted by Gasteiger charge is 2.24. The van der Waals surface area contributed by atoms with Gasteiger partial charge in [0.2, 0.25) is 0 Å². The molecule has 2 aromatic heterocycles. The maximum atomic E-state index is 12.6.